The topological polar surface area (TPSA) is 76.1 Å². The van der Waals surface area contributed by atoms with Gasteiger partial charge in [-0.05, 0) is 17.7 Å². The van der Waals surface area contributed by atoms with Gasteiger partial charge in [-0.3, -0.25) is 14.2 Å². The van der Waals surface area contributed by atoms with E-state index in [2.05, 4.69) is 9.08 Å². The van der Waals surface area contributed by atoms with Gasteiger partial charge in [0.25, 0.3) is 0 Å². The lowest BCUT2D eigenvalue weighted by molar-refractivity contribution is 0.0342. The molecular formula is C11H16FNO5S. The second kappa shape index (κ2) is 6.80. The van der Waals surface area contributed by atoms with Crippen molar-refractivity contribution < 1.29 is 26.6 Å². The summed E-state index contributed by atoms with van der Waals surface area (Å²) in [5.74, 6) is 0.100. The van der Waals surface area contributed by atoms with Crippen molar-refractivity contribution in [2.45, 2.75) is 6.54 Å². The number of ether oxygens (including phenoxy) is 1. The summed E-state index contributed by atoms with van der Waals surface area (Å²) in [4.78, 5) is 2.25. The number of hydrogen-bond acceptors (Lipinski definition) is 5. The van der Waals surface area contributed by atoms with Crippen molar-refractivity contribution >= 4 is 10.4 Å². The molecule has 0 aliphatic carbocycles. The van der Waals surface area contributed by atoms with Gasteiger partial charge in [-0.2, -0.15) is 8.42 Å². The van der Waals surface area contributed by atoms with Gasteiger partial charge in [-0.15, -0.1) is 0 Å². The molecule has 1 fully saturated rings. The van der Waals surface area contributed by atoms with Crippen LogP contribution in [0.3, 0.4) is 0 Å². The Hall–Kier alpha value is -1.22. The van der Waals surface area contributed by atoms with Crippen molar-refractivity contribution in [3.8, 4) is 5.75 Å². The Kier molecular flexibility index (Phi) is 5.67. The Bertz CT molecular complexity index is 484. The van der Waals surface area contributed by atoms with Crippen molar-refractivity contribution in [1.29, 1.82) is 0 Å². The van der Waals surface area contributed by atoms with Crippen LogP contribution in [0.2, 0.25) is 0 Å². The molecule has 8 heteroatoms. The molecule has 0 spiro atoms. The molecule has 0 bridgehead atoms. The Balaban J connectivity index is 0.00000180. The van der Waals surface area contributed by atoms with E-state index in [1.54, 1.807) is 12.1 Å². The molecule has 1 aromatic carbocycles. The molecule has 1 heterocycles. The highest BCUT2D eigenvalue weighted by Gasteiger charge is 2.11. The zero-order valence-electron chi connectivity index (χ0n) is 10.2. The lowest BCUT2D eigenvalue weighted by Gasteiger charge is -2.26. The van der Waals surface area contributed by atoms with Gasteiger partial charge >= 0.3 is 10.4 Å². The molecule has 1 saturated heterocycles. The number of nitrogens with zero attached hydrogens (tertiary/aromatic N) is 1. The average Bonchev–Trinajstić information content (AvgIpc) is 2.31. The minimum atomic E-state index is -4.44. The predicted molar refractivity (Wildman–Crippen MR) is 67.2 cm³/mol. The molecule has 0 saturated carbocycles. The highest BCUT2D eigenvalue weighted by molar-refractivity contribution is 7.81. The van der Waals surface area contributed by atoms with E-state index in [0.29, 0.717) is 0 Å². The van der Waals surface area contributed by atoms with Gasteiger partial charge in [0.2, 0.25) is 0 Å². The molecule has 0 amide bonds. The van der Waals surface area contributed by atoms with E-state index in [4.69, 9.17) is 9.29 Å². The van der Waals surface area contributed by atoms with Crippen LogP contribution in [0.1, 0.15) is 5.56 Å². The third-order valence-corrected chi connectivity index (χ3v) is 3.04. The summed E-state index contributed by atoms with van der Waals surface area (Å²) in [6.07, 6.45) is 0. The first-order chi connectivity index (χ1) is 8.53. The lowest BCUT2D eigenvalue weighted by atomic mass is 10.2. The highest BCUT2D eigenvalue weighted by Crippen LogP contribution is 2.15. The summed E-state index contributed by atoms with van der Waals surface area (Å²) >= 11 is 0. The SMILES string of the molecule is F.O=S(=O)(O)Oc1ccc(CN2CCOCC2)cc1. The van der Waals surface area contributed by atoms with E-state index in [1.807, 2.05) is 0 Å². The molecule has 1 aliphatic heterocycles. The van der Waals surface area contributed by atoms with Crippen LogP contribution >= 0.6 is 0 Å². The summed E-state index contributed by atoms with van der Waals surface area (Å²) in [5, 5.41) is 0. The fourth-order valence-corrected chi connectivity index (χ4v) is 2.14. The predicted octanol–water partition coefficient (Wildman–Crippen LogP) is 0.853. The van der Waals surface area contributed by atoms with E-state index in [-0.39, 0.29) is 10.5 Å². The molecule has 6 nitrogen and oxygen atoms in total. The summed E-state index contributed by atoms with van der Waals surface area (Å²) in [5.41, 5.74) is 1.06. The van der Waals surface area contributed by atoms with Crippen LogP contribution in [0.25, 0.3) is 0 Å². The Morgan fingerprint density at radius 1 is 1.21 bits per heavy atom. The third-order valence-electron chi connectivity index (χ3n) is 2.63. The quantitative estimate of drug-likeness (QED) is 0.830. The monoisotopic (exact) mass is 293 g/mol. The molecule has 1 aromatic rings. The summed E-state index contributed by atoms with van der Waals surface area (Å²) in [6.45, 7) is 4.05. The second-order valence-electron chi connectivity index (χ2n) is 4.04. The summed E-state index contributed by atoms with van der Waals surface area (Å²) in [6, 6.07) is 6.58. The van der Waals surface area contributed by atoms with Crippen molar-refractivity contribution in [3.63, 3.8) is 0 Å². The third kappa shape index (κ3) is 5.52. The number of morpholine rings is 1. The first-order valence-corrected chi connectivity index (χ1v) is 6.95. The van der Waals surface area contributed by atoms with E-state index >= 15 is 0 Å². The first-order valence-electron chi connectivity index (χ1n) is 5.59. The van der Waals surface area contributed by atoms with Crippen LogP contribution in [-0.2, 0) is 21.7 Å². The minimum Gasteiger partial charge on any atom is -0.379 e. The van der Waals surface area contributed by atoms with Gasteiger partial charge < -0.3 is 8.92 Å². The minimum absolute atomic E-state index is 0. The molecule has 0 unspecified atom stereocenters. The van der Waals surface area contributed by atoms with Crippen LogP contribution in [0.15, 0.2) is 24.3 Å². The number of benzene rings is 1. The van der Waals surface area contributed by atoms with Crippen LogP contribution in [0.4, 0.5) is 4.70 Å². The summed E-state index contributed by atoms with van der Waals surface area (Å²) < 4.78 is 39.2. The number of rotatable bonds is 4. The number of hydrogen-bond donors (Lipinski definition) is 1. The van der Waals surface area contributed by atoms with E-state index < -0.39 is 10.4 Å². The molecule has 19 heavy (non-hydrogen) atoms. The maximum Gasteiger partial charge on any atom is 0.446 e. The van der Waals surface area contributed by atoms with Crippen molar-refractivity contribution in [2.24, 2.45) is 0 Å². The van der Waals surface area contributed by atoms with Crippen LogP contribution in [0, 0.1) is 0 Å². The standard InChI is InChI=1S/C11H15NO5S.FH/c13-18(14,15)17-11-3-1-10(2-4-11)9-12-5-7-16-8-6-12;/h1-4H,5-9H2,(H,13,14,15);1H. The highest BCUT2D eigenvalue weighted by atomic mass is 32.3. The second-order valence-corrected chi connectivity index (χ2v) is 5.07. The fourth-order valence-electron chi connectivity index (χ4n) is 1.79. The van der Waals surface area contributed by atoms with Crippen molar-refractivity contribution in [1.82, 2.24) is 4.90 Å². The van der Waals surface area contributed by atoms with Gasteiger partial charge in [0.15, 0.2) is 0 Å². The largest absolute Gasteiger partial charge is 0.446 e. The van der Waals surface area contributed by atoms with Gasteiger partial charge in [-0.25, -0.2) is 0 Å². The number of halogens is 1. The smallest absolute Gasteiger partial charge is 0.379 e. The normalized spacial score (nSPS) is 16.7. The molecule has 1 N–H and O–H groups in total. The molecule has 0 atom stereocenters. The van der Waals surface area contributed by atoms with Gasteiger partial charge in [0, 0.05) is 19.6 Å². The molecule has 1 aliphatic rings. The molecule has 0 radical (unpaired) electrons. The Morgan fingerprint density at radius 3 is 2.32 bits per heavy atom. The molecule has 2 rings (SSSR count). The van der Waals surface area contributed by atoms with Crippen LogP contribution < -0.4 is 4.18 Å². The lowest BCUT2D eigenvalue weighted by Crippen LogP contribution is -2.35. The van der Waals surface area contributed by atoms with Crippen LogP contribution in [0.5, 0.6) is 5.75 Å². The van der Waals surface area contributed by atoms with Gasteiger partial charge in [0.05, 0.1) is 13.2 Å². The van der Waals surface area contributed by atoms with E-state index in [9.17, 15) is 8.42 Å². The Labute approximate surface area is 111 Å². The maximum absolute atomic E-state index is 10.5. The van der Waals surface area contributed by atoms with Gasteiger partial charge in [0.1, 0.15) is 5.75 Å². The van der Waals surface area contributed by atoms with E-state index in [0.717, 1.165) is 38.4 Å². The molecule has 0 aromatic heterocycles. The first kappa shape index (κ1) is 15.8. The van der Waals surface area contributed by atoms with Crippen molar-refractivity contribution in [2.75, 3.05) is 26.3 Å². The maximum atomic E-state index is 10.5. The zero-order chi connectivity index (χ0) is 13.0. The fraction of sp³-hybridized carbons (Fsp3) is 0.455. The van der Waals surface area contributed by atoms with Gasteiger partial charge in [-0.1, -0.05) is 12.1 Å². The van der Waals surface area contributed by atoms with Crippen LogP contribution in [-0.4, -0.2) is 44.2 Å². The summed E-state index contributed by atoms with van der Waals surface area (Å²) in [7, 11) is -4.44. The van der Waals surface area contributed by atoms with Crippen molar-refractivity contribution in [3.05, 3.63) is 29.8 Å². The average molecular weight is 293 g/mol. The molecular weight excluding hydrogens is 277 g/mol. The Morgan fingerprint density at radius 2 is 1.79 bits per heavy atom. The van der Waals surface area contributed by atoms with E-state index in [1.165, 1.54) is 12.1 Å². The zero-order valence-corrected chi connectivity index (χ0v) is 11.0. The molecule has 108 valence electrons.